The fourth-order valence-electron chi connectivity index (χ4n) is 2.95. The number of rotatable bonds is 3. The third kappa shape index (κ3) is 4.57. The molecular formula is C16H22BrFO. The molecular weight excluding hydrogens is 307 g/mol. The molecule has 3 heteroatoms. The van der Waals surface area contributed by atoms with E-state index < -0.39 is 6.10 Å². The molecule has 1 aliphatic rings. The lowest BCUT2D eigenvalue weighted by Crippen LogP contribution is -2.24. The van der Waals surface area contributed by atoms with Gasteiger partial charge < -0.3 is 5.11 Å². The maximum atomic E-state index is 13.8. The molecule has 1 aliphatic carbocycles. The smallest absolute Gasteiger partial charge is 0.127 e. The molecule has 0 bridgehead atoms. The first kappa shape index (κ1) is 15.0. The molecule has 1 N–H and O–H groups in total. The molecule has 106 valence electrons. The molecule has 2 rings (SSSR count). The van der Waals surface area contributed by atoms with E-state index in [-0.39, 0.29) is 5.82 Å². The van der Waals surface area contributed by atoms with Crippen LogP contribution in [0.1, 0.15) is 50.5 Å². The average molecular weight is 329 g/mol. The molecule has 1 atom stereocenters. The third-order valence-electron chi connectivity index (χ3n) is 4.14. The molecule has 0 heterocycles. The second kappa shape index (κ2) is 7.39. The van der Waals surface area contributed by atoms with Crippen LogP contribution in [0, 0.1) is 11.7 Å². The van der Waals surface area contributed by atoms with Crippen LogP contribution in [0.25, 0.3) is 0 Å². The Balaban J connectivity index is 1.96. The van der Waals surface area contributed by atoms with Crippen molar-refractivity contribution in [2.75, 3.05) is 0 Å². The SMILES string of the molecule is OC(Cc1ccc(Br)cc1F)C1CCCCCCC1. The summed E-state index contributed by atoms with van der Waals surface area (Å²) in [7, 11) is 0. The summed E-state index contributed by atoms with van der Waals surface area (Å²) in [6.07, 6.45) is 8.46. The van der Waals surface area contributed by atoms with Crippen LogP contribution >= 0.6 is 15.9 Å². The van der Waals surface area contributed by atoms with Gasteiger partial charge >= 0.3 is 0 Å². The van der Waals surface area contributed by atoms with E-state index in [4.69, 9.17) is 0 Å². The average Bonchev–Trinajstić information content (AvgIpc) is 2.32. The van der Waals surface area contributed by atoms with E-state index in [2.05, 4.69) is 15.9 Å². The second-order valence-electron chi connectivity index (χ2n) is 5.61. The Kier molecular flexibility index (Phi) is 5.83. The van der Waals surface area contributed by atoms with Crippen molar-refractivity contribution >= 4 is 15.9 Å². The zero-order valence-electron chi connectivity index (χ0n) is 11.2. The Bertz CT molecular complexity index is 400. The highest BCUT2D eigenvalue weighted by atomic mass is 79.9. The normalized spacial score (nSPS) is 19.7. The first-order valence-corrected chi connectivity index (χ1v) is 8.08. The summed E-state index contributed by atoms with van der Waals surface area (Å²) >= 11 is 3.26. The van der Waals surface area contributed by atoms with Gasteiger partial charge in [0.1, 0.15) is 5.82 Å². The van der Waals surface area contributed by atoms with Crippen LogP contribution < -0.4 is 0 Å². The molecule has 0 amide bonds. The Labute approximate surface area is 123 Å². The van der Waals surface area contributed by atoms with E-state index in [1.165, 1.54) is 38.2 Å². The van der Waals surface area contributed by atoms with Crippen LogP contribution in [0.5, 0.6) is 0 Å². The number of halogens is 2. The van der Waals surface area contributed by atoms with Gasteiger partial charge in [-0.1, -0.05) is 54.1 Å². The van der Waals surface area contributed by atoms with E-state index in [0.29, 0.717) is 17.9 Å². The Hall–Kier alpha value is -0.410. The number of hydrogen-bond donors (Lipinski definition) is 1. The van der Waals surface area contributed by atoms with E-state index in [1.807, 2.05) is 6.07 Å². The van der Waals surface area contributed by atoms with Gasteiger partial charge in [0.05, 0.1) is 6.10 Å². The maximum Gasteiger partial charge on any atom is 0.127 e. The summed E-state index contributed by atoms with van der Waals surface area (Å²) in [5, 5.41) is 10.4. The minimum Gasteiger partial charge on any atom is -0.392 e. The number of aliphatic hydroxyl groups is 1. The maximum absolute atomic E-state index is 13.8. The molecule has 1 nitrogen and oxygen atoms in total. The summed E-state index contributed by atoms with van der Waals surface area (Å²) in [5.74, 6) is 0.114. The summed E-state index contributed by atoms with van der Waals surface area (Å²) in [6.45, 7) is 0. The first-order valence-electron chi connectivity index (χ1n) is 7.29. The van der Waals surface area contributed by atoms with Gasteiger partial charge in [-0.05, 0) is 36.5 Å². The van der Waals surface area contributed by atoms with Crippen molar-refractivity contribution in [2.24, 2.45) is 5.92 Å². The highest BCUT2D eigenvalue weighted by Gasteiger charge is 2.21. The predicted molar refractivity (Wildman–Crippen MR) is 79.6 cm³/mol. The van der Waals surface area contributed by atoms with Crippen molar-refractivity contribution in [2.45, 2.75) is 57.5 Å². The van der Waals surface area contributed by atoms with Gasteiger partial charge in [-0.15, -0.1) is 0 Å². The molecule has 0 aromatic heterocycles. The molecule has 1 unspecified atom stereocenters. The van der Waals surface area contributed by atoms with Gasteiger partial charge in [-0.25, -0.2) is 4.39 Å². The van der Waals surface area contributed by atoms with Crippen LogP contribution in [-0.2, 0) is 6.42 Å². The van der Waals surface area contributed by atoms with E-state index in [9.17, 15) is 9.50 Å². The zero-order chi connectivity index (χ0) is 13.7. The Morgan fingerprint density at radius 2 is 1.79 bits per heavy atom. The van der Waals surface area contributed by atoms with E-state index >= 15 is 0 Å². The summed E-state index contributed by atoms with van der Waals surface area (Å²) < 4.78 is 14.5. The summed E-state index contributed by atoms with van der Waals surface area (Å²) in [6, 6.07) is 5.08. The quantitative estimate of drug-likeness (QED) is 0.840. The molecule has 0 aliphatic heterocycles. The fraction of sp³-hybridized carbons (Fsp3) is 0.625. The third-order valence-corrected chi connectivity index (χ3v) is 4.63. The Morgan fingerprint density at radius 1 is 1.16 bits per heavy atom. The van der Waals surface area contributed by atoms with Gasteiger partial charge in [0, 0.05) is 10.9 Å². The van der Waals surface area contributed by atoms with Crippen molar-refractivity contribution in [1.82, 2.24) is 0 Å². The van der Waals surface area contributed by atoms with E-state index in [1.54, 1.807) is 6.07 Å². The molecule has 1 aromatic rings. The van der Waals surface area contributed by atoms with Crippen molar-refractivity contribution < 1.29 is 9.50 Å². The van der Waals surface area contributed by atoms with Crippen LogP contribution in [0.4, 0.5) is 4.39 Å². The molecule has 0 saturated heterocycles. The Morgan fingerprint density at radius 3 is 2.42 bits per heavy atom. The predicted octanol–water partition coefficient (Wildman–Crippen LogP) is 4.85. The van der Waals surface area contributed by atoms with Crippen LogP contribution in [0.2, 0.25) is 0 Å². The largest absolute Gasteiger partial charge is 0.392 e. The standard InChI is InChI=1S/C16H22BrFO/c17-14-9-8-13(15(18)11-14)10-16(19)12-6-4-2-1-3-5-7-12/h8-9,11-12,16,19H,1-7,10H2. The highest BCUT2D eigenvalue weighted by Crippen LogP contribution is 2.27. The topological polar surface area (TPSA) is 20.2 Å². The van der Waals surface area contributed by atoms with Crippen molar-refractivity contribution in [3.63, 3.8) is 0 Å². The summed E-state index contributed by atoms with van der Waals surface area (Å²) in [4.78, 5) is 0. The van der Waals surface area contributed by atoms with Gasteiger partial charge in [0.25, 0.3) is 0 Å². The van der Waals surface area contributed by atoms with Gasteiger partial charge in [0.2, 0.25) is 0 Å². The first-order chi connectivity index (χ1) is 9.16. The summed E-state index contributed by atoms with van der Waals surface area (Å²) in [5.41, 5.74) is 0.623. The lowest BCUT2D eigenvalue weighted by molar-refractivity contribution is 0.0905. The molecule has 1 fully saturated rings. The molecule has 1 aromatic carbocycles. The number of aliphatic hydroxyl groups excluding tert-OH is 1. The minimum atomic E-state index is -0.409. The van der Waals surface area contributed by atoms with Gasteiger partial charge in [-0.3, -0.25) is 0 Å². The number of hydrogen-bond acceptors (Lipinski definition) is 1. The van der Waals surface area contributed by atoms with Gasteiger partial charge in [-0.2, -0.15) is 0 Å². The molecule has 19 heavy (non-hydrogen) atoms. The molecule has 0 spiro atoms. The zero-order valence-corrected chi connectivity index (χ0v) is 12.8. The van der Waals surface area contributed by atoms with Crippen LogP contribution in [0.15, 0.2) is 22.7 Å². The van der Waals surface area contributed by atoms with Crippen LogP contribution in [-0.4, -0.2) is 11.2 Å². The monoisotopic (exact) mass is 328 g/mol. The second-order valence-corrected chi connectivity index (χ2v) is 6.53. The van der Waals surface area contributed by atoms with Crippen LogP contribution in [0.3, 0.4) is 0 Å². The molecule has 1 saturated carbocycles. The molecule has 0 radical (unpaired) electrons. The number of benzene rings is 1. The lowest BCUT2D eigenvalue weighted by atomic mass is 9.85. The van der Waals surface area contributed by atoms with Crippen molar-refractivity contribution in [3.05, 3.63) is 34.1 Å². The highest BCUT2D eigenvalue weighted by molar-refractivity contribution is 9.10. The van der Waals surface area contributed by atoms with Crippen molar-refractivity contribution in [3.8, 4) is 0 Å². The van der Waals surface area contributed by atoms with Gasteiger partial charge in [0.15, 0.2) is 0 Å². The lowest BCUT2D eigenvalue weighted by Gasteiger charge is -2.25. The van der Waals surface area contributed by atoms with Crippen molar-refractivity contribution in [1.29, 1.82) is 0 Å². The fourth-order valence-corrected chi connectivity index (χ4v) is 3.28. The minimum absolute atomic E-state index is 0.223. The van der Waals surface area contributed by atoms with E-state index in [0.717, 1.165) is 17.3 Å².